The maximum absolute atomic E-state index is 12.6. The van der Waals surface area contributed by atoms with E-state index in [1.54, 1.807) is 16.9 Å². The van der Waals surface area contributed by atoms with Crippen LogP contribution in [0.1, 0.15) is 37.7 Å². The number of pyridine rings is 1. The molecular formula is C28H28N6O2. The molecule has 8 nitrogen and oxygen atoms in total. The Morgan fingerprint density at radius 2 is 1.61 bits per heavy atom. The minimum Gasteiger partial charge on any atom is -0.364 e. The van der Waals surface area contributed by atoms with Gasteiger partial charge < -0.3 is 16.0 Å². The smallest absolute Gasteiger partial charge is 0.269 e. The standard InChI is InChI=1S/C28H28N6O2/c1-19-16-26(27(29)35)32-34(19)24-9-4-21(5-10-24)17-20-2-6-22(7-3-20)25-11-8-23(18-31-25)28(36)33-14-12-30-13-15-33/h2-11,16,18,30H,12-15,17H2,1H3,(H2,29,35). The summed E-state index contributed by atoms with van der Waals surface area (Å²) in [5, 5.41) is 7.54. The lowest BCUT2D eigenvalue weighted by Crippen LogP contribution is -2.46. The molecule has 1 aliphatic heterocycles. The number of aryl methyl sites for hydroxylation is 1. The molecule has 2 amide bonds. The Balaban J connectivity index is 1.24. The second-order valence-electron chi connectivity index (χ2n) is 8.96. The molecule has 0 saturated carbocycles. The zero-order valence-electron chi connectivity index (χ0n) is 20.1. The van der Waals surface area contributed by atoms with Gasteiger partial charge in [-0.05, 0) is 54.8 Å². The molecule has 0 aliphatic carbocycles. The van der Waals surface area contributed by atoms with Gasteiger partial charge in [0, 0.05) is 43.6 Å². The van der Waals surface area contributed by atoms with E-state index in [-0.39, 0.29) is 11.6 Å². The Labute approximate surface area is 209 Å². The molecule has 8 heteroatoms. The quantitative estimate of drug-likeness (QED) is 0.441. The maximum atomic E-state index is 12.6. The second kappa shape index (κ2) is 10.1. The third-order valence-corrected chi connectivity index (χ3v) is 6.39. The molecule has 0 spiro atoms. The number of aromatic nitrogens is 3. The molecule has 36 heavy (non-hydrogen) atoms. The minimum absolute atomic E-state index is 0.0351. The van der Waals surface area contributed by atoms with Crippen molar-refractivity contribution in [1.82, 2.24) is 25.0 Å². The number of benzene rings is 2. The van der Waals surface area contributed by atoms with Gasteiger partial charge in [0.05, 0.1) is 16.9 Å². The zero-order chi connectivity index (χ0) is 25.1. The van der Waals surface area contributed by atoms with Crippen LogP contribution < -0.4 is 11.1 Å². The number of amides is 2. The van der Waals surface area contributed by atoms with Crippen molar-refractivity contribution in [2.45, 2.75) is 13.3 Å². The normalized spacial score (nSPS) is 13.5. The van der Waals surface area contributed by atoms with Crippen LogP contribution in [-0.4, -0.2) is 57.7 Å². The molecule has 2 aromatic heterocycles. The number of hydrogen-bond acceptors (Lipinski definition) is 5. The highest BCUT2D eigenvalue weighted by Gasteiger charge is 2.18. The van der Waals surface area contributed by atoms with Crippen molar-refractivity contribution in [2.24, 2.45) is 5.73 Å². The largest absolute Gasteiger partial charge is 0.364 e. The molecule has 0 bridgehead atoms. The SMILES string of the molecule is Cc1cc(C(N)=O)nn1-c1ccc(Cc2ccc(-c3ccc(C(=O)N4CCNCC4)cn3)cc2)cc1. The van der Waals surface area contributed by atoms with Crippen molar-refractivity contribution in [3.63, 3.8) is 0 Å². The molecule has 1 saturated heterocycles. The van der Waals surface area contributed by atoms with Crippen LogP contribution in [0.15, 0.2) is 72.9 Å². The Morgan fingerprint density at radius 3 is 2.19 bits per heavy atom. The molecule has 3 N–H and O–H groups in total. The van der Waals surface area contributed by atoms with Crippen LogP contribution in [0.3, 0.4) is 0 Å². The van der Waals surface area contributed by atoms with E-state index in [9.17, 15) is 9.59 Å². The van der Waals surface area contributed by atoms with Crippen LogP contribution in [0, 0.1) is 6.92 Å². The summed E-state index contributed by atoms with van der Waals surface area (Å²) in [5.74, 6) is -0.500. The number of nitrogens with one attached hydrogen (secondary N) is 1. The van der Waals surface area contributed by atoms with Gasteiger partial charge in [-0.2, -0.15) is 5.10 Å². The van der Waals surface area contributed by atoms with Gasteiger partial charge in [-0.3, -0.25) is 14.6 Å². The lowest BCUT2D eigenvalue weighted by atomic mass is 10.0. The van der Waals surface area contributed by atoms with Crippen LogP contribution in [0.4, 0.5) is 0 Å². The van der Waals surface area contributed by atoms with Crippen molar-refractivity contribution >= 4 is 11.8 Å². The fourth-order valence-corrected chi connectivity index (χ4v) is 4.38. The van der Waals surface area contributed by atoms with Gasteiger partial charge in [0.2, 0.25) is 0 Å². The Hall–Kier alpha value is -4.30. The average molecular weight is 481 g/mol. The number of hydrogen-bond donors (Lipinski definition) is 2. The number of rotatable bonds is 6. The number of carbonyl (C=O) groups excluding carboxylic acids is 2. The lowest BCUT2D eigenvalue weighted by molar-refractivity contribution is 0.0735. The van der Waals surface area contributed by atoms with Crippen LogP contribution in [-0.2, 0) is 6.42 Å². The molecule has 3 heterocycles. The van der Waals surface area contributed by atoms with Crippen LogP contribution in [0.5, 0.6) is 0 Å². The van der Waals surface area contributed by atoms with Gasteiger partial charge in [-0.15, -0.1) is 0 Å². The molecular weight excluding hydrogens is 452 g/mol. The number of primary amides is 1. The van der Waals surface area contributed by atoms with Crippen LogP contribution >= 0.6 is 0 Å². The Bertz CT molecular complexity index is 1370. The van der Waals surface area contributed by atoms with Gasteiger partial charge in [-0.25, -0.2) is 4.68 Å². The third-order valence-electron chi connectivity index (χ3n) is 6.39. The van der Waals surface area contributed by atoms with Crippen molar-refractivity contribution in [3.8, 4) is 16.9 Å². The predicted octanol–water partition coefficient (Wildman–Crippen LogP) is 2.98. The van der Waals surface area contributed by atoms with E-state index >= 15 is 0 Å². The van der Waals surface area contributed by atoms with Gasteiger partial charge in [0.25, 0.3) is 11.8 Å². The number of nitrogens with zero attached hydrogens (tertiary/aromatic N) is 4. The molecule has 0 unspecified atom stereocenters. The molecule has 0 atom stereocenters. The molecule has 0 radical (unpaired) electrons. The summed E-state index contributed by atoms with van der Waals surface area (Å²) in [5.41, 5.74) is 12.1. The summed E-state index contributed by atoms with van der Waals surface area (Å²) in [6, 6.07) is 21.9. The first-order valence-corrected chi connectivity index (χ1v) is 12.0. The molecule has 1 aliphatic rings. The third kappa shape index (κ3) is 5.04. The van der Waals surface area contributed by atoms with Gasteiger partial charge in [-0.1, -0.05) is 36.4 Å². The van der Waals surface area contributed by atoms with E-state index in [4.69, 9.17) is 5.73 Å². The highest BCUT2D eigenvalue weighted by Crippen LogP contribution is 2.21. The summed E-state index contributed by atoms with van der Waals surface area (Å²) in [6.07, 6.45) is 2.46. The summed E-state index contributed by atoms with van der Waals surface area (Å²) in [4.78, 5) is 30.4. The molecule has 1 fully saturated rings. The summed E-state index contributed by atoms with van der Waals surface area (Å²) in [6.45, 7) is 5.00. The highest BCUT2D eigenvalue weighted by molar-refractivity contribution is 5.94. The van der Waals surface area contributed by atoms with Gasteiger partial charge >= 0.3 is 0 Å². The number of nitrogens with two attached hydrogens (primary N) is 1. The van der Waals surface area contributed by atoms with Crippen LogP contribution in [0.2, 0.25) is 0 Å². The summed E-state index contributed by atoms with van der Waals surface area (Å²) in [7, 11) is 0. The van der Waals surface area contributed by atoms with Crippen molar-refractivity contribution in [2.75, 3.05) is 26.2 Å². The van der Waals surface area contributed by atoms with Crippen molar-refractivity contribution in [1.29, 1.82) is 0 Å². The number of piperazine rings is 1. The van der Waals surface area contributed by atoms with E-state index in [0.717, 1.165) is 55.2 Å². The number of carbonyl (C=O) groups is 2. The Kier molecular flexibility index (Phi) is 6.60. The second-order valence-corrected chi connectivity index (χ2v) is 8.96. The van der Waals surface area contributed by atoms with E-state index in [1.807, 2.05) is 36.1 Å². The zero-order valence-corrected chi connectivity index (χ0v) is 20.1. The molecule has 2 aromatic carbocycles. The fourth-order valence-electron chi connectivity index (χ4n) is 4.38. The van der Waals surface area contributed by atoms with Crippen molar-refractivity contribution < 1.29 is 9.59 Å². The molecule has 5 rings (SSSR count). The van der Waals surface area contributed by atoms with E-state index < -0.39 is 5.91 Å². The summed E-state index contributed by atoms with van der Waals surface area (Å²) < 4.78 is 1.72. The maximum Gasteiger partial charge on any atom is 0.269 e. The van der Waals surface area contributed by atoms with Crippen molar-refractivity contribution in [3.05, 3.63) is 101 Å². The van der Waals surface area contributed by atoms with E-state index in [0.29, 0.717) is 5.56 Å². The molecule has 182 valence electrons. The fraction of sp³-hybridized carbons (Fsp3) is 0.214. The first-order valence-electron chi connectivity index (χ1n) is 12.0. The van der Waals surface area contributed by atoms with Gasteiger partial charge in [0.15, 0.2) is 5.69 Å². The van der Waals surface area contributed by atoms with E-state index in [2.05, 4.69) is 51.8 Å². The highest BCUT2D eigenvalue weighted by atomic mass is 16.2. The topological polar surface area (TPSA) is 106 Å². The molecule has 4 aromatic rings. The lowest BCUT2D eigenvalue weighted by Gasteiger charge is -2.27. The summed E-state index contributed by atoms with van der Waals surface area (Å²) >= 11 is 0. The average Bonchev–Trinajstić information content (AvgIpc) is 3.32. The predicted molar refractivity (Wildman–Crippen MR) is 138 cm³/mol. The van der Waals surface area contributed by atoms with Gasteiger partial charge in [0.1, 0.15) is 0 Å². The minimum atomic E-state index is -0.535. The Morgan fingerprint density at radius 1 is 0.944 bits per heavy atom. The first-order chi connectivity index (χ1) is 17.5. The van der Waals surface area contributed by atoms with E-state index in [1.165, 1.54) is 11.1 Å². The first kappa shape index (κ1) is 23.4. The van der Waals surface area contributed by atoms with Crippen LogP contribution in [0.25, 0.3) is 16.9 Å². The monoisotopic (exact) mass is 480 g/mol.